The van der Waals surface area contributed by atoms with Gasteiger partial charge >= 0.3 is 5.97 Å². The molecule has 1 N–H and O–H groups in total. The first kappa shape index (κ1) is 20.9. The Morgan fingerprint density at radius 2 is 1.74 bits per heavy atom. The number of carbonyl (C=O) groups excluding carboxylic acids is 3. The molecule has 0 aromatic heterocycles. The van der Waals surface area contributed by atoms with Crippen LogP contribution in [0.1, 0.15) is 39.6 Å². The molecule has 0 aliphatic carbocycles. The lowest BCUT2D eigenvalue weighted by Crippen LogP contribution is -2.31. The molecule has 2 aromatic rings. The maximum absolute atomic E-state index is 12.1. The fraction of sp³-hybridized carbons (Fsp3) is 0.250. The van der Waals surface area contributed by atoms with E-state index in [0.29, 0.717) is 10.6 Å². The molecule has 0 spiro atoms. The van der Waals surface area contributed by atoms with Crippen molar-refractivity contribution in [2.45, 2.75) is 19.8 Å². The second kappa shape index (κ2) is 10.1. The van der Waals surface area contributed by atoms with Gasteiger partial charge in [0.1, 0.15) is 6.54 Å². The summed E-state index contributed by atoms with van der Waals surface area (Å²) in [5, 5.41) is 2.97. The Hall–Kier alpha value is -2.37. The zero-order valence-corrected chi connectivity index (χ0v) is 16.3. The van der Waals surface area contributed by atoms with E-state index >= 15 is 0 Å². The van der Waals surface area contributed by atoms with Crippen molar-refractivity contribution in [2.24, 2.45) is 0 Å². The molecule has 0 heterocycles. The summed E-state index contributed by atoms with van der Waals surface area (Å²) in [5.74, 6) is -1.56. The molecule has 0 atom stereocenters. The zero-order chi connectivity index (χ0) is 19.8. The van der Waals surface area contributed by atoms with E-state index in [1.807, 2.05) is 12.1 Å². The number of esters is 1. The fourth-order valence-electron chi connectivity index (χ4n) is 2.35. The number of rotatable bonds is 8. The van der Waals surface area contributed by atoms with Gasteiger partial charge in [-0.05, 0) is 30.2 Å². The van der Waals surface area contributed by atoms with Crippen molar-refractivity contribution in [3.63, 3.8) is 0 Å². The zero-order valence-electron chi connectivity index (χ0n) is 14.8. The van der Waals surface area contributed by atoms with Gasteiger partial charge < -0.3 is 10.1 Å². The number of halogens is 2. The van der Waals surface area contributed by atoms with Crippen LogP contribution in [0.5, 0.6) is 0 Å². The van der Waals surface area contributed by atoms with Crippen LogP contribution in [0.2, 0.25) is 10.0 Å². The second-order valence-electron chi connectivity index (χ2n) is 5.84. The SMILES string of the molecule is CCCc1ccc(C(=O)COC(=O)CNC(=O)c2ccc(Cl)cc2Cl)cc1. The third-order valence-electron chi connectivity index (χ3n) is 3.75. The Morgan fingerprint density at radius 1 is 1.04 bits per heavy atom. The first-order valence-corrected chi connectivity index (χ1v) is 9.17. The lowest BCUT2D eigenvalue weighted by molar-refractivity contribution is -0.141. The van der Waals surface area contributed by atoms with Crippen LogP contribution in [0.4, 0.5) is 0 Å². The number of nitrogens with one attached hydrogen (secondary N) is 1. The topological polar surface area (TPSA) is 72.5 Å². The smallest absolute Gasteiger partial charge is 0.325 e. The Balaban J connectivity index is 1.80. The Labute approximate surface area is 167 Å². The molecule has 0 bridgehead atoms. The number of benzene rings is 2. The van der Waals surface area contributed by atoms with Crippen molar-refractivity contribution >= 4 is 40.9 Å². The van der Waals surface area contributed by atoms with E-state index in [1.54, 1.807) is 12.1 Å². The summed E-state index contributed by atoms with van der Waals surface area (Å²) in [6.45, 7) is 1.32. The Kier molecular flexibility index (Phi) is 7.82. The average molecular weight is 408 g/mol. The molecule has 0 radical (unpaired) electrons. The molecule has 2 rings (SSSR count). The van der Waals surface area contributed by atoms with Gasteiger partial charge in [0.25, 0.3) is 5.91 Å². The van der Waals surface area contributed by atoms with E-state index < -0.39 is 11.9 Å². The van der Waals surface area contributed by atoms with Crippen molar-refractivity contribution in [3.8, 4) is 0 Å². The lowest BCUT2D eigenvalue weighted by Gasteiger charge is -2.08. The predicted octanol–water partition coefficient (Wildman–Crippen LogP) is 4.10. The van der Waals surface area contributed by atoms with Crippen molar-refractivity contribution < 1.29 is 19.1 Å². The summed E-state index contributed by atoms with van der Waals surface area (Å²) in [6, 6.07) is 11.6. The molecule has 5 nitrogen and oxygen atoms in total. The molecule has 142 valence electrons. The summed E-state index contributed by atoms with van der Waals surface area (Å²) in [6.07, 6.45) is 1.97. The van der Waals surface area contributed by atoms with Gasteiger partial charge in [-0.15, -0.1) is 0 Å². The van der Waals surface area contributed by atoms with Crippen LogP contribution in [-0.2, 0) is 16.0 Å². The monoisotopic (exact) mass is 407 g/mol. The number of ether oxygens (including phenoxy) is 1. The maximum atomic E-state index is 12.1. The van der Waals surface area contributed by atoms with Crippen LogP contribution in [-0.4, -0.2) is 30.8 Å². The largest absolute Gasteiger partial charge is 0.456 e. The highest BCUT2D eigenvalue weighted by atomic mass is 35.5. The minimum Gasteiger partial charge on any atom is -0.456 e. The van der Waals surface area contributed by atoms with E-state index in [9.17, 15) is 14.4 Å². The van der Waals surface area contributed by atoms with Gasteiger partial charge in [0, 0.05) is 10.6 Å². The van der Waals surface area contributed by atoms with Crippen LogP contribution in [0.15, 0.2) is 42.5 Å². The Bertz CT molecular complexity index is 834. The first-order valence-electron chi connectivity index (χ1n) is 8.41. The molecule has 1 amide bonds. The van der Waals surface area contributed by atoms with Gasteiger partial charge in [-0.1, -0.05) is 60.8 Å². The second-order valence-corrected chi connectivity index (χ2v) is 6.68. The average Bonchev–Trinajstić information content (AvgIpc) is 2.65. The normalized spacial score (nSPS) is 10.3. The third kappa shape index (κ3) is 6.38. The number of aryl methyl sites for hydroxylation is 1. The quantitative estimate of drug-likeness (QED) is 0.527. The van der Waals surface area contributed by atoms with Gasteiger partial charge in [-0.25, -0.2) is 0 Å². The third-order valence-corrected chi connectivity index (χ3v) is 4.30. The highest BCUT2D eigenvalue weighted by molar-refractivity contribution is 6.36. The summed E-state index contributed by atoms with van der Waals surface area (Å²) in [7, 11) is 0. The van der Waals surface area contributed by atoms with Crippen LogP contribution >= 0.6 is 23.2 Å². The number of hydrogen-bond donors (Lipinski definition) is 1. The van der Waals surface area contributed by atoms with Gasteiger partial charge in [-0.2, -0.15) is 0 Å². The molecule has 0 saturated carbocycles. The fourth-order valence-corrected chi connectivity index (χ4v) is 2.84. The maximum Gasteiger partial charge on any atom is 0.325 e. The Morgan fingerprint density at radius 3 is 2.37 bits per heavy atom. The molecule has 0 saturated heterocycles. The van der Waals surface area contributed by atoms with E-state index in [-0.39, 0.29) is 29.5 Å². The van der Waals surface area contributed by atoms with Gasteiger partial charge in [0.15, 0.2) is 12.4 Å². The van der Waals surface area contributed by atoms with E-state index in [1.165, 1.54) is 18.2 Å². The van der Waals surface area contributed by atoms with Gasteiger partial charge in [0.05, 0.1) is 10.6 Å². The molecule has 0 aliphatic rings. The van der Waals surface area contributed by atoms with Gasteiger partial charge in [-0.3, -0.25) is 14.4 Å². The number of carbonyl (C=O) groups is 3. The van der Waals surface area contributed by atoms with Crippen molar-refractivity contribution in [2.75, 3.05) is 13.2 Å². The summed E-state index contributed by atoms with van der Waals surface area (Å²) in [5.41, 5.74) is 1.81. The first-order chi connectivity index (χ1) is 12.9. The molecule has 27 heavy (non-hydrogen) atoms. The molecule has 0 unspecified atom stereocenters. The van der Waals surface area contributed by atoms with Crippen LogP contribution in [0.3, 0.4) is 0 Å². The molecular formula is C20H19Cl2NO4. The minimum atomic E-state index is -0.718. The molecule has 0 aliphatic heterocycles. The number of amides is 1. The van der Waals surface area contributed by atoms with Crippen molar-refractivity contribution in [3.05, 3.63) is 69.2 Å². The number of Topliss-reactive ketones (excluding diaryl/α,β-unsaturated/α-hetero) is 1. The molecule has 2 aromatic carbocycles. The van der Waals surface area contributed by atoms with E-state index in [0.717, 1.165) is 18.4 Å². The van der Waals surface area contributed by atoms with Crippen LogP contribution in [0.25, 0.3) is 0 Å². The van der Waals surface area contributed by atoms with Crippen LogP contribution in [0, 0.1) is 0 Å². The highest BCUT2D eigenvalue weighted by Gasteiger charge is 2.14. The molecule has 0 fully saturated rings. The summed E-state index contributed by atoms with van der Waals surface area (Å²) in [4.78, 5) is 35.8. The van der Waals surface area contributed by atoms with Crippen molar-refractivity contribution in [1.29, 1.82) is 0 Å². The number of hydrogen-bond acceptors (Lipinski definition) is 4. The number of ketones is 1. The van der Waals surface area contributed by atoms with Crippen molar-refractivity contribution in [1.82, 2.24) is 5.32 Å². The summed E-state index contributed by atoms with van der Waals surface area (Å²) >= 11 is 11.7. The standard InChI is InChI=1S/C20H19Cl2NO4/c1-2-3-13-4-6-14(7-5-13)18(24)12-27-19(25)11-23-20(26)16-9-8-15(21)10-17(16)22/h4-10H,2-3,11-12H2,1H3,(H,23,26). The predicted molar refractivity (Wildman–Crippen MR) is 105 cm³/mol. The lowest BCUT2D eigenvalue weighted by atomic mass is 10.1. The van der Waals surface area contributed by atoms with Crippen LogP contribution < -0.4 is 5.32 Å². The van der Waals surface area contributed by atoms with E-state index in [4.69, 9.17) is 27.9 Å². The molecular weight excluding hydrogens is 389 g/mol. The highest BCUT2D eigenvalue weighted by Crippen LogP contribution is 2.20. The molecule has 7 heteroatoms. The van der Waals surface area contributed by atoms with E-state index in [2.05, 4.69) is 12.2 Å². The summed E-state index contributed by atoms with van der Waals surface area (Å²) < 4.78 is 4.91. The minimum absolute atomic E-state index is 0.176. The van der Waals surface area contributed by atoms with Gasteiger partial charge in [0.2, 0.25) is 0 Å².